The summed E-state index contributed by atoms with van der Waals surface area (Å²) in [5.74, 6) is 0.0277. The van der Waals surface area contributed by atoms with E-state index in [4.69, 9.17) is 9.72 Å². The molecule has 0 fully saturated rings. The van der Waals surface area contributed by atoms with Gasteiger partial charge < -0.3 is 15.4 Å². The number of aryl methyl sites for hydroxylation is 2. The Morgan fingerprint density at radius 1 is 1.31 bits per heavy atom. The number of pyridine rings is 1. The minimum absolute atomic E-state index is 0.170. The molecular weight excluding hydrogens is 350 g/mol. The number of nitrogens with zero attached hydrogens (tertiary/aromatic N) is 1. The summed E-state index contributed by atoms with van der Waals surface area (Å²) in [5.41, 5.74) is 4.27. The van der Waals surface area contributed by atoms with Crippen molar-refractivity contribution in [2.45, 2.75) is 25.8 Å². The fourth-order valence-corrected chi connectivity index (χ4v) is 3.77. The highest BCUT2D eigenvalue weighted by molar-refractivity contribution is 7.99. The SMILES string of the molecule is CCOC(=O)C1=C(CSc2cc(C)c3cccc(C)c3n2)NC(=O)NC1. The minimum atomic E-state index is -0.408. The van der Waals surface area contributed by atoms with Gasteiger partial charge in [-0.05, 0) is 38.0 Å². The number of hydrogen-bond acceptors (Lipinski definition) is 5. The first-order chi connectivity index (χ1) is 12.5. The van der Waals surface area contributed by atoms with Crippen LogP contribution in [0.25, 0.3) is 10.9 Å². The second-order valence-electron chi connectivity index (χ2n) is 6.02. The number of benzene rings is 1. The van der Waals surface area contributed by atoms with Crippen LogP contribution in [0.5, 0.6) is 0 Å². The lowest BCUT2D eigenvalue weighted by molar-refractivity contribution is -0.138. The van der Waals surface area contributed by atoms with Gasteiger partial charge in [-0.25, -0.2) is 14.6 Å². The van der Waals surface area contributed by atoms with Gasteiger partial charge in [0.25, 0.3) is 0 Å². The van der Waals surface area contributed by atoms with Crippen molar-refractivity contribution in [3.8, 4) is 0 Å². The highest BCUT2D eigenvalue weighted by atomic mass is 32.2. The maximum Gasteiger partial charge on any atom is 0.337 e. The first-order valence-corrected chi connectivity index (χ1v) is 9.42. The number of esters is 1. The summed E-state index contributed by atoms with van der Waals surface area (Å²) in [6, 6.07) is 7.85. The molecule has 3 rings (SSSR count). The van der Waals surface area contributed by atoms with E-state index < -0.39 is 5.97 Å². The normalized spacial score (nSPS) is 14.2. The Bertz CT molecular complexity index is 908. The molecule has 7 heteroatoms. The van der Waals surface area contributed by atoms with Crippen LogP contribution >= 0.6 is 11.8 Å². The number of aromatic nitrogens is 1. The zero-order chi connectivity index (χ0) is 18.7. The minimum Gasteiger partial charge on any atom is -0.463 e. The van der Waals surface area contributed by atoms with Crippen molar-refractivity contribution < 1.29 is 14.3 Å². The van der Waals surface area contributed by atoms with Crippen molar-refractivity contribution in [3.05, 3.63) is 46.7 Å². The topological polar surface area (TPSA) is 80.3 Å². The summed E-state index contributed by atoms with van der Waals surface area (Å²) in [4.78, 5) is 28.5. The van der Waals surface area contributed by atoms with Gasteiger partial charge in [0.15, 0.2) is 0 Å². The van der Waals surface area contributed by atoms with Crippen LogP contribution in [0.3, 0.4) is 0 Å². The van der Waals surface area contributed by atoms with Crippen molar-refractivity contribution in [2.75, 3.05) is 18.9 Å². The Hall–Kier alpha value is -2.54. The first-order valence-electron chi connectivity index (χ1n) is 8.43. The molecule has 1 aromatic heterocycles. The number of urea groups is 1. The molecule has 0 saturated heterocycles. The van der Waals surface area contributed by atoms with Crippen LogP contribution in [0.2, 0.25) is 0 Å². The third-order valence-corrected chi connectivity index (χ3v) is 5.10. The van der Waals surface area contributed by atoms with Crippen molar-refractivity contribution in [1.82, 2.24) is 15.6 Å². The molecule has 2 heterocycles. The van der Waals surface area contributed by atoms with Gasteiger partial charge in [0, 0.05) is 16.8 Å². The van der Waals surface area contributed by atoms with Crippen LogP contribution < -0.4 is 10.6 Å². The number of thioether (sulfide) groups is 1. The predicted molar refractivity (Wildman–Crippen MR) is 102 cm³/mol. The highest BCUT2D eigenvalue weighted by Gasteiger charge is 2.23. The van der Waals surface area contributed by atoms with Crippen LogP contribution in [-0.4, -0.2) is 35.9 Å². The van der Waals surface area contributed by atoms with E-state index >= 15 is 0 Å². The molecular formula is C19H21N3O3S. The van der Waals surface area contributed by atoms with Crippen LogP contribution in [0, 0.1) is 13.8 Å². The summed E-state index contributed by atoms with van der Waals surface area (Å²) in [6.45, 7) is 6.32. The molecule has 136 valence electrons. The van der Waals surface area contributed by atoms with Crippen LogP contribution in [0.1, 0.15) is 18.1 Å². The lowest BCUT2D eigenvalue weighted by Gasteiger charge is -2.21. The Morgan fingerprint density at radius 3 is 2.88 bits per heavy atom. The largest absolute Gasteiger partial charge is 0.463 e. The van der Waals surface area contributed by atoms with Crippen molar-refractivity contribution in [1.29, 1.82) is 0 Å². The number of hydrogen-bond donors (Lipinski definition) is 2. The van der Waals surface area contributed by atoms with Gasteiger partial charge >= 0.3 is 12.0 Å². The molecule has 0 radical (unpaired) electrons. The fraction of sp³-hybridized carbons (Fsp3) is 0.316. The molecule has 0 unspecified atom stereocenters. The highest BCUT2D eigenvalue weighted by Crippen LogP contribution is 2.27. The molecule has 1 aliphatic heterocycles. The van der Waals surface area contributed by atoms with E-state index in [0.29, 0.717) is 23.6 Å². The molecule has 0 atom stereocenters. The summed E-state index contributed by atoms with van der Waals surface area (Å²) < 4.78 is 5.08. The van der Waals surface area contributed by atoms with Gasteiger partial charge in [-0.15, -0.1) is 11.8 Å². The number of para-hydroxylation sites is 1. The van der Waals surface area contributed by atoms with E-state index in [-0.39, 0.29) is 12.6 Å². The third-order valence-electron chi connectivity index (χ3n) is 4.17. The lowest BCUT2D eigenvalue weighted by atomic mass is 10.1. The molecule has 2 aromatic rings. The van der Waals surface area contributed by atoms with Gasteiger partial charge in [-0.2, -0.15) is 0 Å². The van der Waals surface area contributed by atoms with Crippen LogP contribution in [-0.2, 0) is 9.53 Å². The van der Waals surface area contributed by atoms with Crippen molar-refractivity contribution in [2.24, 2.45) is 0 Å². The quantitative estimate of drug-likeness (QED) is 0.624. The molecule has 2 N–H and O–H groups in total. The number of carbonyl (C=O) groups is 2. The monoisotopic (exact) mass is 371 g/mol. The Morgan fingerprint density at radius 2 is 2.12 bits per heavy atom. The Balaban J connectivity index is 1.86. The summed E-state index contributed by atoms with van der Waals surface area (Å²) >= 11 is 1.49. The Labute approximate surface area is 156 Å². The maximum atomic E-state index is 12.1. The zero-order valence-electron chi connectivity index (χ0n) is 15.0. The second-order valence-corrected chi connectivity index (χ2v) is 7.02. The van der Waals surface area contributed by atoms with E-state index in [2.05, 4.69) is 23.6 Å². The lowest BCUT2D eigenvalue weighted by Crippen LogP contribution is -2.44. The van der Waals surface area contributed by atoms with Gasteiger partial charge in [0.1, 0.15) is 0 Å². The van der Waals surface area contributed by atoms with E-state index in [9.17, 15) is 9.59 Å². The number of fused-ring (bicyclic) bond motifs is 1. The smallest absolute Gasteiger partial charge is 0.337 e. The van der Waals surface area contributed by atoms with Gasteiger partial charge in [0.2, 0.25) is 0 Å². The van der Waals surface area contributed by atoms with Gasteiger partial charge in [-0.3, -0.25) is 0 Å². The van der Waals surface area contributed by atoms with E-state index in [1.54, 1.807) is 6.92 Å². The zero-order valence-corrected chi connectivity index (χ0v) is 15.8. The number of amides is 2. The third kappa shape index (κ3) is 3.83. The second kappa shape index (κ2) is 7.78. The molecule has 26 heavy (non-hydrogen) atoms. The van der Waals surface area contributed by atoms with E-state index in [1.807, 2.05) is 25.1 Å². The van der Waals surface area contributed by atoms with Crippen molar-refractivity contribution in [3.63, 3.8) is 0 Å². The standard InChI is InChI=1S/C19H21N3O3S/c1-4-25-18(23)14-9-20-19(24)21-15(14)10-26-16-8-12(3)13-7-5-6-11(2)17(13)22-16/h5-8H,4,9-10H2,1-3H3,(H2,20,21,24). The Kier molecular flexibility index (Phi) is 5.46. The fourth-order valence-electron chi connectivity index (χ4n) is 2.82. The summed E-state index contributed by atoms with van der Waals surface area (Å²) in [5, 5.41) is 7.32. The maximum absolute atomic E-state index is 12.1. The molecule has 6 nitrogen and oxygen atoms in total. The van der Waals surface area contributed by atoms with Crippen LogP contribution in [0.4, 0.5) is 4.79 Å². The molecule has 0 saturated carbocycles. The van der Waals surface area contributed by atoms with Gasteiger partial charge in [0.05, 0.1) is 29.3 Å². The molecule has 0 aliphatic carbocycles. The number of nitrogens with one attached hydrogen (secondary N) is 2. The molecule has 0 bridgehead atoms. The molecule has 1 aliphatic rings. The number of ether oxygens (including phenoxy) is 1. The number of carbonyl (C=O) groups excluding carboxylic acids is 2. The predicted octanol–water partition coefficient (Wildman–Crippen LogP) is 3.07. The average molecular weight is 371 g/mol. The summed E-state index contributed by atoms with van der Waals surface area (Å²) in [6.07, 6.45) is 0. The average Bonchev–Trinajstić information content (AvgIpc) is 2.61. The van der Waals surface area contributed by atoms with Crippen molar-refractivity contribution >= 4 is 34.7 Å². The van der Waals surface area contributed by atoms with E-state index in [1.165, 1.54) is 11.8 Å². The summed E-state index contributed by atoms with van der Waals surface area (Å²) in [7, 11) is 0. The molecule has 0 spiro atoms. The number of rotatable bonds is 5. The van der Waals surface area contributed by atoms with Gasteiger partial charge in [-0.1, -0.05) is 18.2 Å². The molecule has 2 amide bonds. The van der Waals surface area contributed by atoms with E-state index in [0.717, 1.165) is 27.1 Å². The van der Waals surface area contributed by atoms with Crippen LogP contribution in [0.15, 0.2) is 40.6 Å². The molecule has 1 aromatic carbocycles. The first kappa shape index (κ1) is 18.3.